The molecular formula is C15H22ClFN2O. The summed E-state index contributed by atoms with van der Waals surface area (Å²) in [4.78, 5) is 14.5. The van der Waals surface area contributed by atoms with E-state index in [-0.39, 0.29) is 24.1 Å². The fourth-order valence-electron chi connectivity index (χ4n) is 2.78. The minimum Gasteiger partial charge on any atom is -0.329 e. The highest BCUT2D eigenvalue weighted by molar-refractivity contribution is 5.99. The number of rotatable bonds is 4. The molecule has 1 aliphatic heterocycles. The lowest BCUT2D eigenvalue weighted by Gasteiger charge is -2.33. The molecule has 112 valence electrons. The molecule has 20 heavy (non-hydrogen) atoms. The number of fused-ring (bicyclic) bond motifs is 1. The van der Waals surface area contributed by atoms with Gasteiger partial charge in [0.25, 0.3) is 0 Å². The Balaban J connectivity index is 0.00000200. The van der Waals surface area contributed by atoms with Crippen LogP contribution in [0.5, 0.6) is 0 Å². The lowest BCUT2D eigenvalue weighted by molar-refractivity contribution is -0.128. The molecule has 0 bridgehead atoms. The molecule has 5 heteroatoms. The number of carbonyl (C=O) groups excluding carboxylic acids is 1. The van der Waals surface area contributed by atoms with Crippen LogP contribution in [0.15, 0.2) is 18.2 Å². The molecule has 0 aromatic heterocycles. The maximum Gasteiger partial charge on any atom is 0.234 e. The van der Waals surface area contributed by atoms with Crippen molar-refractivity contribution in [3.8, 4) is 0 Å². The molecular weight excluding hydrogens is 279 g/mol. The zero-order valence-electron chi connectivity index (χ0n) is 12.0. The first-order valence-electron chi connectivity index (χ1n) is 6.88. The van der Waals surface area contributed by atoms with Gasteiger partial charge in [0.2, 0.25) is 5.91 Å². The minimum atomic E-state index is -0.520. The van der Waals surface area contributed by atoms with Crippen molar-refractivity contribution < 1.29 is 9.18 Å². The fourth-order valence-corrected chi connectivity index (χ4v) is 2.78. The SMILES string of the molecule is CCC(CC)(CN)C(=O)N1CCc2ccc(F)cc21.Cl. The first-order valence-corrected chi connectivity index (χ1v) is 6.88. The van der Waals surface area contributed by atoms with Crippen LogP contribution in [0.3, 0.4) is 0 Å². The highest BCUT2D eigenvalue weighted by atomic mass is 35.5. The molecule has 0 atom stereocenters. The normalized spacial score (nSPS) is 13.9. The molecule has 0 fully saturated rings. The van der Waals surface area contributed by atoms with E-state index < -0.39 is 5.41 Å². The molecule has 3 nitrogen and oxygen atoms in total. The van der Waals surface area contributed by atoms with Gasteiger partial charge in [-0.05, 0) is 37.0 Å². The van der Waals surface area contributed by atoms with Crippen molar-refractivity contribution >= 4 is 24.0 Å². The first kappa shape index (κ1) is 16.9. The Kier molecular flexibility index (Phi) is 5.54. The highest BCUT2D eigenvalue weighted by Crippen LogP contribution is 2.35. The van der Waals surface area contributed by atoms with Gasteiger partial charge in [0.15, 0.2) is 0 Å². The van der Waals surface area contributed by atoms with E-state index in [1.807, 2.05) is 13.8 Å². The van der Waals surface area contributed by atoms with Gasteiger partial charge in [0.1, 0.15) is 5.82 Å². The molecule has 1 aromatic rings. The van der Waals surface area contributed by atoms with Crippen LogP contribution in [-0.4, -0.2) is 19.0 Å². The summed E-state index contributed by atoms with van der Waals surface area (Å²) >= 11 is 0. The van der Waals surface area contributed by atoms with Gasteiger partial charge in [-0.1, -0.05) is 19.9 Å². The molecule has 0 unspecified atom stereocenters. The van der Waals surface area contributed by atoms with Gasteiger partial charge < -0.3 is 10.6 Å². The first-order chi connectivity index (χ1) is 9.07. The molecule has 1 aromatic carbocycles. The van der Waals surface area contributed by atoms with E-state index in [0.717, 1.165) is 12.0 Å². The molecule has 1 heterocycles. The van der Waals surface area contributed by atoms with Crippen LogP contribution in [0, 0.1) is 11.2 Å². The summed E-state index contributed by atoms with van der Waals surface area (Å²) < 4.78 is 13.4. The van der Waals surface area contributed by atoms with Gasteiger partial charge in [-0.3, -0.25) is 4.79 Å². The Labute approximate surface area is 125 Å². The quantitative estimate of drug-likeness (QED) is 0.929. The number of nitrogens with two attached hydrogens (primary N) is 1. The van der Waals surface area contributed by atoms with Gasteiger partial charge in [-0.15, -0.1) is 12.4 Å². The summed E-state index contributed by atoms with van der Waals surface area (Å²) in [6.45, 7) is 4.92. The van der Waals surface area contributed by atoms with Gasteiger partial charge in [0, 0.05) is 18.8 Å². The Morgan fingerprint density at radius 1 is 1.40 bits per heavy atom. The monoisotopic (exact) mass is 300 g/mol. The van der Waals surface area contributed by atoms with Crippen molar-refractivity contribution in [3.63, 3.8) is 0 Å². The second-order valence-electron chi connectivity index (χ2n) is 5.17. The number of hydrogen-bond acceptors (Lipinski definition) is 2. The van der Waals surface area contributed by atoms with Crippen molar-refractivity contribution in [1.82, 2.24) is 0 Å². The zero-order chi connectivity index (χ0) is 14.0. The van der Waals surface area contributed by atoms with Gasteiger partial charge >= 0.3 is 0 Å². The van der Waals surface area contributed by atoms with Crippen LogP contribution >= 0.6 is 12.4 Å². The third kappa shape index (κ3) is 2.67. The van der Waals surface area contributed by atoms with Gasteiger partial charge in [-0.25, -0.2) is 4.39 Å². The lowest BCUT2D eigenvalue weighted by atomic mass is 9.81. The number of amides is 1. The highest BCUT2D eigenvalue weighted by Gasteiger charge is 2.39. The Morgan fingerprint density at radius 3 is 2.60 bits per heavy atom. The Hall–Kier alpha value is -1.13. The maximum absolute atomic E-state index is 13.4. The van der Waals surface area contributed by atoms with Crippen LogP contribution in [-0.2, 0) is 11.2 Å². The molecule has 2 N–H and O–H groups in total. The smallest absolute Gasteiger partial charge is 0.234 e. The van der Waals surface area contributed by atoms with Crippen molar-refractivity contribution in [2.24, 2.45) is 11.1 Å². The molecule has 0 radical (unpaired) electrons. The van der Waals surface area contributed by atoms with Gasteiger partial charge in [-0.2, -0.15) is 0 Å². The summed E-state index contributed by atoms with van der Waals surface area (Å²) in [6.07, 6.45) is 2.20. The fraction of sp³-hybridized carbons (Fsp3) is 0.533. The molecule has 0 spiro atoms. The summed E-state index contributed by atoms with van der Waals surface area (Å²) in [7, 11) is 0. The second kappa shape index (κ2) is 6.55. The van der Waals surface area contributed by atoms with E-state index in [9.17, 15) is 9.18 Å². The second-order valence-corrected chi connectivity index (χ2v) is 5.17. The molecule has 1 amide bonds. The topological polar surface area (TPSA) is 46.3 Å². The number of anilines is 1. The van der Waals surface area contributed by atoms with E-state index in [4.69, 9.17) is 5.73 Å². The van der Waals surface area contributed by atoms with Crippen molar-refractivity contribution in [3.05, 3.63) is 29.6 Å². The minimum absolute atomic E-state index is 0. The third-order valence-electron chi connectivity index (χ3n) is 4.39. The average molecular weight is 301 g/mol. The summed E-state index contributed by atoms with van der Waals surface area (Å²) in [5, 5.41) is 0. The van der Waals surface area contributed by atoms with E-state index in [1.54, 1.807) is 11.0 Å². The van der Waals surface area contributed by atoms with Crippen LogP contribution in [0.1, 0.15) is 32.3 Å². The van der Waals surface area contributed by atoms with Crippen LogP contribution in [0.25, 0.3) is 0 Å². The van der Waals surface area contributed by atoms with Crippen molar-refractivity contribution in [2.45, 2.75) is 33.1 Å². The zero-order valence-corrected chi connectivity index (χ0v) is 12.8. The van der Waals surface area contributed by atoms with Crippen molar-refractivity contribution in [2.75, 3.05) is 18.0 Å². The number of carbonyl (C=O) groups is 1. The van der Waals surface area contributed by atoms with Crippen LogP contribution < -0.4 is 10.6 Å². The standard InChI is InChI=1S/C15H21FN2O.ClH/c1-3-15(4-2,10-17)14(19)18-8-7-11-5-6-12(16)9-13(11)18;/h5-6,9H,3-4,7-8,10,17H2,1-2H3;1H. The maximum atomic E-state index is 13.4. The lowest BCUT2D eigenvalue weighted by Crippen LogP contribution is -2.47. The summed E-state index contributed by atoms with van der Waals surface area (Å²) in [5.74, 6) is -0.269. The van der Waals surface area contributed by atoms with E-state index in [1.165, 1.54) is 12.1 Å². The molecule has 0 saturated heterocycles. The average Bonchev–Trinajstić information content (AvgIpc) is 2.84. The predicted molar refractivity (Wildman–Crippen MR) is 81.8 cm³/mol. The molecule has 0 aliphatic carbocycles. The predicted octanol–water partition coefficient (Wildman–Crippen LogP) is 2.90. The van der Waals surface area contributed by atoms with Crippen LogP contribution in [0.2, 0.25) is 0 Å². The third-order valence-corrected chi connectivity index (χ3v) is 4.39. The Bertz CT molecular complexity index is 480. The molecule has 1 aliphatic rings. The molecule has 2 rings (SSSR count). The van der Waals surface area contributed by atoms with Crippen molar-refractivity contribution in [1.29, 1.82) is 0 Å². The summed E-state index contributed by atoms with van der Waals surface area (Å²) in [6, 6.07) is 4.66. The number of halogens is 2. The number of benzene rings is 1. The van der Waals surface area contributed by atoms with Crippen LogP contribution in [0.4, 0.5) is 10.1 Å². The van der Waals surface area contributed by atoms with E-state index in [0.29, 0.717) is 31.6 Å². The van der Waals surface area contributed by atoms with E-state index >= 15 is 0 Å². The number of nitrogens with zero attached hydrogens (tertiary/aromatic N) is 1. The molecule has 0 saturated carbocycles. The summed E-state index contributed by atoms with van der Waals surface area (Å²) in [5.41, 5.74) is 7.05. The van der Waals surface area contributed by atoms with Gasteiger partial charge in [0.05, 0.1) is 5.41 Å². The number of hydrogen-bond donors (Lipinski definition) is 1. The largest absolute Gasteiger partial charge is 0.329 e. The Morgan fingerprint density at radius 2 is 2.05 bits per heavy atom. The van der Waals surface area contributed by atoms with E-state index in [2.05, 4.69) is 0 Å².